The van der Waals surface area contributed by atoms with Crippen LogP contribution in [0.15, 0.2) is 102 Å². The van der Waals surface area contributed by atoms with Crippen LogP contribution in [0.2, 0.25) is 0 Å². The van der Waals surface area contributed by atoms with Gasteiger partial charge in [-0.25, -0.2) is 8.42 Å². The van der Waals surface area contributed by atoms with Gasteiger partial charge in [0.05, 0.1) is 4.90 Å². The van der Waals surface area contributed by atoms with E-state index in [2.05, 4.69) is 5.32 Å². The highest BCUT2D eigenvalue weighted by Gasteiger charge is 2.21. The third-order valence-corrected chi connectivity index (χ3v) is 7.32. The van der Waals surface area contributed by atoms with Crippen LogP contribution in [0, 0.1) is 0 Å². The standard InChI is InChI=1S/C27H26N2O4S/c1-29(19-21-8-3-2-4-9-21)34(31,32)25-16-14-24(15-17-25)33-20-27(30)28-18-23-12-7-11-22-10-5-6-13-26(22)23/h2-17H,18-20H2,1H3,(H,28,30). The largest absolute Gasteiger partial charge is 0.484 e. The first-order chi connectivity index (χ1) is 16.4. The minimum atomic E-state index is -3.64. The number of nitrogens with one attached hydrogen (secondary N) is 1. The maximum absolute atomic E-state index is 12.8. The molecule has 1 N–H and O–H groups in total. The second kappa shape index (κ2) is 10.5. The first kappa shape index (κ1) is 23.5. The first-order valence-electron chi connectivity index (χ1n) is 10.9. The maximum Gasteiger partial charge on any atom is 0.258 e. The highest BCUT2D eigenvalue weighted by Crippen LogP contribution is 2.21. The van der Waals surface area contributed by atoms with Crippen LogP contribution in [-0.4, -0.2) is 32.3 Å². The van der Waals surface area contributed by atoms with Crippen molar-refractivity contribution < 1.29 is 17.9 Å². The molecule has 0 radical (unpaired) electrons. The number of carbonyl (C=O) groups is 1. The lowest BCUT2D eigenvalue weighted by molar-refractivity contribution is -0.123. The van der Waals surface area contributed by atoms with Gasteiger partial charge in [0, 0.05) is 20.1 Å². The number of rotatable bonds is 9. The molecule has 6 nitrogen and oxygen atoms in total. The fraction of sp³-hybridized carbons (Fsp3) is 0.148. The van der Waals surface area contributed by atoms with Gasteiger partial charge in [-0.2, -0.15) is 4.31 Å². The van der Waals surface area contributed by atoms with Gasteiger partial charge in [-0.05, 0) is 46.2 Å². The van der Waals surface area contributed by atoms with Crippen LogP contribution in [-0.2, 0) is 27.9 Å². The van der Waals surface area contributed by atoms with Gasteiger partial charge in [-0.15, -0.1) is 0 Å². The Bertz CT molecular complexity index is 1370. The number of ether oxygens (including phenoxy) is 1. The van der Waals surface area contributed by atoms with Crippen molar-refractivity contribution >= 4 is 26.7 Å². The van der Waals surface area contributed by atoms with Gasteiger partial charge in [0.1, 0.15) is 5.75 Å². The molecule has 0 saturated heterocycles. The Labute approximate surface area is 199 Å². The molecule has 0 heterocycles. The number of hydrogen-bond acceptors (Lipinski definition) is 4. The van der Waals surface area contributed by atoms with E-state index in [4.69, 9.17) is 4.74 Å². The van der Waals surface area contributed by atoms with Crippen LogP contribution in [0.4, 0.5) is 0 Å². The number of fused-ring (bicyclic) bond motifs is 1. The molecule has 0 spiro atoms. The molecule has 4 aromatic carbocycles. The zero-order chi connectivity index (χ0) is 24.0. The summed E-state index contributed by atoms with van der Waals surface area (Å²) in [5, 5.41) is 5.09. The Morgan fingerprint density at radius 1 is 0.853 bits per heavy atom. The summed E-state index contributed by atoms with van der Waals surface area (Å²) >= 11 is 0. The van der Waals surface area contributed by atoms with Crippen molar-refractivity contribution in [3.63, 3.8) is 0 Å². The topological polar surface area (TPSA) is 75.7 Å². The molecular weight excluding hydrogens is 448 g/mol. The van der Waals surface area contributed by atoms with Crippen LogP contribution in [0.5, 0.6) is 5.75 Å². The highest BCUT2D eigenvalue weighted by atomic mass is 32.2. The predicted molar refractivity (Wildman–Crippen MR) is 133 cm³/mol. The van der Waals surface area contributed by atoms with Gasteiger partial charge < -0.3 is 10.1 Å². The fourth-order valence-electron chi connectivity index (χ4n) is 3.65. The fourth-order valence-corrected chi connectivity index (χ4v) is 4.81. The summed E-state index contributed by atoms with van der Waals surface area (Å²) in [5.74, 6) is 0.164. The van der Waals surface area contributed by atoms with Gasteiger partial charge in [-0.1, -0.05) is 72.8 Å². The van der Waals surface area contributed by atoms with Crippen molar-refractivity contribution in [1.82, 2.24) is 9.62 Å². The van der Waals surface area contributed by atoms with E-state index in [9.17, 15) is 13.2 Å². The number of carbonyl (C=O) groups excluding carboxylic acids is 1. The zero-order valence-electron chi connectivity index (χ0n) is 18.8. The average molecular weight is 475 g/mol. The molecule has 0 saturated carbocycles. The molecule has 7 heteroatoms. The van der Waals surface area contributed by atoms with Crippen molar-refractivity contribution in [2.75, 3.05) is 13.7 Å². The third kappa shape index (κ3) is 5.62. The number of hydrogen-bond donors (Lipinski definition) is 1. The Morgan fingerprint density at radius 2 is 1.53 bits per heavy atom. The lowest BCUT2D eigenvalue weighted by Gasteiger charge is -2.17. The maximum atomic E-state index is 12.8. The summed E-state index contributed by atoms with van der Waals surface area (Å²) in [6.45, 7) is 0.511. The molecule has 0 unspecified atom stereocenters. The van der Waals surface area contributed by atoms with E-state index in [-0.39, 0.29) is 24.0 Å². The molecule has 0 aliphatic heterocycles. The van der Waals surface area contributed by atoms with E-state index in [0.717, 1.165) is 21.9 Å². The highest BCUT2D eigenvalue weighted by molar-refractivity contribution is 7.89. The smallest absolute Gasteiger partial charge is 0.258 e. The van der Waals surface area contributed by atoms with E-state index >= 15 is 0 Å². The summed E-state index contributed by atoms with van der Waals surface area (Å²) in [7, 11) is -2.10. The van der Waals surface area contributed by atoms with E-state index in [1.807, 2.05) is 72.8 Å². The lowest BCUT2D eigenvalue weighted by atomic mass is 10.0. The van der Waals surface area contributed by atoms with Gasteiger partial charge in [-0.3, -0.25) is 4.79 Å². The van der Waals surface area contributed by atoms with Crippen molar-refractivity contribution in [1.29, 1.82) is 0 Å². The molecule has 34 heavy (non-hydrogen) atoms. The summed E-state index contributed by atoms with van der Waals surface area (Å²) < 4.78 is 32.5. The Morgan fingerprint density at radius 3 is 2.29 bits per heavy atom. The van der Waals surface area contributed by atoms with Crippen molar-refractivity contribution in [3.8, 4) is 5.75 Å². The molecule has 0 fully saturated rings. The van der Waals surface area contributed by atoms with Crippen molar-refractivity contribution in [2.45, 2.75) is 18.0 Å². The number of amides is 1. The van der Waals surface area contributed by atoms with Crippen LogP contribution in [0.3, 0.4) is 0 Å². The predicted octanol–water partition coefficient (Wildman–Crippen LogP) is 4.36. The molecule has 4 rings (SSSR count). The molecule has 0 aromatic heterocycles. The minimum Gasteiger partial charge on any atom is -0.484 e. The molecule has 0 bridgehead atoms. The Kier molecular flexibility index (Phi) is 7.25. The van der Waals surface area contributed by atoms with E-state index < -0.39 is 10.0 Å². The van der Waals surface area contributed by atoms with Crippen molar-refractivity contribution in [2.24, 2.45) is 0 Å². The second-order valence-corrected chi connectivity index (χ2v) is 9.97. The quantitative estimate of drug-likeness (QED) is 0.391. The average Bonchev–Trinajstić information content (AvgIpc) is 2.87. The lowest BCUT2D eigenvalue weighted by Crippen LogP contribution is -2.28. The number of benzene rings is 4. The SMILES string of the molecule is CN(Cc1ccccc1)S(=O)(=O)c1ccc(OCC(=O)NCc2cccc3ccccc23)cc1. The first-order valence-corrected chi connectivity index (χ1v) is 12.3. The summed E-state index contributed by atoms with van der Waals surface area (Å²) in [5.41, 5.74) is 1.93. The molecule has 0 aliphatic rings. The summed E-state index contributed by atoms with van der Waals surface area (Å²) in [6, 6.07) is 29.5. The molecule has 1 amide bonds. The monoisotopic (exact) mass is 474 g/mol. The van der Waals surface area contributed by atoms with Gasteiger partial charge >= 0.3 is 0 Å². The molecule has 4 aromatic rings. The molecular formula is C27H26N2O4S. The van der Waals surface area contributed by atoms with Crippen LogP contribution < -0.4 is 10.1 Å². The Hall–Kier alpha value is -3.68. The molecule has 0 aliphatic carbocycles. The molecule has 0 atom stereocenters. The molecule has 174 valence electrons. The van der Waals surface area contributed by atoms with Gasteiger partial charge in [0.15, 0.2) is 6.61 Å². The third-order valence-electron chi connectivity index (χ3n) is 5.51. The normalized spacial score (nSPS) is 11.5. The number of sulfonamides is 1. The summed E-state index contributed by atoms with van der Waals surface area (Å²) in [4.78, 5) is 12.4. The van der Waals surface area contributed by atoms with E-state index in [1.165, 1.54) is 16.4 Å². The van der Waals surface area contributed by atoms with Crippen LogP contribution in [0.1, 0.15) is 11.1 Å². The van der Waals surface area contributed by atoms with E-state index in [0.29, 0.717) is 12.3 Å². The van der Waals surface area contributed by atoms with Gasteiger partial charge in [0.25, 0.3) is 5.91 Å². The summed E-state index contributed by atoms with van der Waals surface area (Å²) in [6.07, 6.45) is 0. The second-order valence-electron chi connectivity index (χ2n) is 7.92. The van der Waals surface area contributed by atoms with Crippen LogP contribution in [0.25, 0.3) is 10.8 Å². The number of nitrogens with zero attached hydrogens (tertiary/aromatic N) is 1. The van der Waals surface area contributed by atoms with Gasteiger partial charge in [0.2, 0.25) is 10.0 Å². The van der Waals surface area contributed by atoms with E-state index in [1.54, 1.807) is 19.2 Å². The Balaban J connectivity index is 1.31. The van der Waals surface area contributed by atoms with Crippen LogP contribution >= 0.6 is 0 Å². The zero-order valence-corrected chi connectivity index (χ0v) is 19.7. The van der Waals surface area contributed by atoms with Crippen molar-refractivity contribution in [3.05, 3.63) is 108 Å². The minimum absolute atomic E-state index is 0.162.